The van der Waals surface area contributed by atoms with E-state index in [-0.39, 0.29) is 161 Å². The molecule has 2 aromatic carbocycles. The molecule has 116 heavy (non-hydrogen) atoms. The van der Waals surface area contributed by atoms with E-state index >= 15 is 0 Å². The van der Waals surface area contributed by atoms with Crippen molar-refractivity contribution in [3.63, 3.8) is 0 Å². The average molecular weight is 1670 g/mol. The number of aromatic nitrogens is 4. The molecule has 0 spiro atoms. The zero-order valence-corrected chi connectivity index (χ0v) is 66.3. The summed E-state index contributed by atoms with van der Waals surface area (Å²) in [5, 5.41) is 61.8. The van der Waals surface area contributed by atoms with Gasteiger partial charge in [0.05, 0.1) is 24.5 Å². The van der Waals surface area contributed by atoms with E-state index in [2.05, 4.69) is 73.1 Å². The number of nitrogens with one attached hydrogen (secondary N) is 11. The number of amides is 8. The Kier molecular flexibility index (Phi) is 60.1. The molecule has 4 aromatic rings. The minimum Gasteiger partial charge on any atom is -0.379 e. The van der Waals surface area contributed by atoms with E-state index in [1.807, 2.05) is 24.3 Å². The van der Waals surface area contributed by atoms with E-state index in [0.29, 0.717) is 139 Å². The van der Waals surface area contributed by atoms with Crippen molar-refractivity contribution in [2.75, 3.05) is 80.6 Å². The highest BCUT2D eigenvalue weighted by atomic mass is 32.1. The Labute approximate surface area is 676 Å². The molecule has 44 heteroatoms. The first-order valence-corrected chi connectivity index (χ1v) is 37.1. The number of H-pyrrole nitrogens is 1. The fourth-order valence-corrected chi connectivity index (χ4v) is 10.2. The van der Waals surface area contributed by atoms with Crippen molar-refractivity contribution in [2.24, 2.45) is 11.8 Å². The van der Waals surface area contributed by atoms with E-state index in [1.165, 1.54) is 13.1 Å². The number of thiocarbonyl (C=S) groups is 2. The maximum atomic E-state index is 13.0. The number of anilines is 4. The summed E-state index contributed by atoms with van der Waals surface area (Å²) < 4.78 is 0. The lowest BCUT2D eigenvalue weighted by Gasteiger charge is -2.18. The number of Topliss-reactive ketones (excluding diaryl/α,β-unsaturated/α-hetero) is 2. The number of hydroxylamine groups is 6. The Morgan fingerprint density at radius 3 is 1.35 bits per heavy atom. The molecule has 0 aliphatic carbocycles. The quantitative estimate of drug-likeness (QED) is 0.0130. The van der Waals surface area contributed by atoms with Crippen LogP contribution in [0.4, 0.5) is 23.0 Å². The number of carbonyl (C=O) groups excluding carboxylic acids is 20. The molecule has 0 unspecified atom stereocenters. The third-order valence-corrected chi connectivity index (χ3v) is 16.3. The van der Waals surface area contributed by atoms with Gasteiger partial charge in [0, 0.05) is 145 Å². The van der Waals surface area contributed by atoms with Gasteiger partial charge in [-0.05, 0) is 163 Å². The van der Waals surface area contributed by atoms with Crippen molar-refractivity contribution < 1.29 is 112 Å². The number of hydrogen-bond acceptors (Lipinski definition) is 31. The summed E-state index contributed by atoms with van der Waals surface area (Å²) in [5.41, 5.74) is 8.40. The highest BCUT2D eigenvalue weighted by Crippen LogP contribution is 2.16. The van der Waals surface area contributed by atoms with E-state index in [1.54, 1.807) is 45.0 Å². The van der Waals surface area contributed by atoms with Gasteiger partial charge in [0.25, 0.3) is 11.5 Å². The lowest BCUT2D eigenvalue weighted by Crippen LogP contribution is -2.43. The molecule has 0 saturated heterocycles. The fraction of sp³-hybridized carbons (Fsp3) is 0.514. The second-order valence-corrected chi connectivity index (χ2v) is 25.7. The number of aromatic amines is 1. The number of unbranched alkanes of at least 4 members (excludes halogenated alkanes) is 8. The first kappa shape index (κ1) is 106. The van der Waals surface area contributed by atoms with Crippen molar-refractivity contribution in [3.05, 3.63) is 76.3 Å². The van der Waals surface area contributed by atoms with Crippen molar-refractivity contribution in [3.8, 4) is 0 Å². The maximum Gasteiger partial charge on any atom is 0.373 e. The van der Waals surface area contributed by atoms with Gasteiger partial charge in [-0.15, -0.1) is 0 Å². The Hall–Kier alpha value is -12.5. The van der Waals surface area contributed by atoms with Crippen LogP contribution in [-0.2, 0) is 97.6 Å². The number of nitrogens with two attached hydrogens (primary N) is 1. The molecule has 0 fully saturated rings. The molecule has 0 bridgehead atoms. The van der Waals surface area contributed by atoms with Gasteiger partial charge >= 0.3 is 30.8 Å². The molecule has 2 aromatic heterocycles. The number of ketones is 2. The normalized spacial score (nSPS) is 10.6. The van der Waals surface area contributed by atoms with Crippen molar-refractivity contribution in [2.45, 2.75) is 169 Å². The predicted octanol–water partition coefficient (Wildman–Crippen LogP) is 1.73. The van der Waals surface area contributed by atoms with E-state index < -0.39 is 47.1 Å². The number of fused-ring (bicyclic) bond motifs is 1. The van der Waals surface area contributed by atoms with Crippen LogP contribution in [0.3, 0.4) is 0 Å². The lowest BCUT2D eigenvalue weighted by molar-refractivity contribution is -0.193. The third kappa shape index (κ3) is 52.7. The number of rotatable bonds is 48. The summed E-state index contributed by atoms with van der Waals surface area (Å²) in [6.07, 6.45) is 10.5. The summed E-state index contributed by atoms with van der Waals surface area (Å²) >= 11 is 10.9. The first-order chi connectivity index (χ1) is 55.3. The summed E-state index contributed by atoms with van der Waals surface area (Å²) in [5.74, 6) is -5.12. The van der Waals surface area contributed by atoms with Crippen LogP contribution in [0.5, 0.6) is 0 Å². The minimum absolute atomic E-state index is 0.0401. The van der Waals surface area contributed by atoms with E-state index in [4.69, 9.17) is 78.1 Å². The summed E-state index contributed by atoms with van der Waals surface area (Å²) in [4.78, 5) is 232. The molecule has 16 N–H and O–H groups in total. The van der Waals surface area contributed by atoms with Gasteiger partial charge in [-0.2, -0.15) is 52.9 Å². The van der Waals surface area contributed by atoms with Gasteiger partial charge in [0.1, 0.15) is 5.78 Å². The van der Waals surface area contributed by atoms with Gasteiger partial charge in [-0.1, -0.05) is 13.8 Å². The standard InChI is InChI=1S/C67H100N18O14S2.5CO2/c1-44(40-53(87)18-17-36-72-63(95)48-19-21-49(22-20-48)75-42-52-43-76-60-59(78-52)64(96)82-65(68)81-60)62(94)77-46(3)54(88)41-45(2)61(93)71-33-9-5-10-34-73-66(100)79-50-23-25-51(26-24-50)80-67(101)74-35-13-8-16-39-85(99)58(92)30-28-56(90)70-32-12-7-15-38-84(98)57(91)29-27-55(89)69-31-11-6-14-37-83(97)47(4)86;5*2-1-3/h19-26,43-46,75,97-99H,5-18,27-42H2,1-4H3,(H,69,89)(H,70,90)(H,71,93)(H,72,95)(H,77,94)(H2,73,79,100)(H2,74,80,101)(H3,68,76,81,82,96);;;;;/t44-,45-,46+;;;;;/m1...../s1. The van der Waals surface area contributed by atoms with Crippen LogP contribution in [0.25, 0.3) is 11.2 Å². The molecule has 2 heterocycles. The molecule has 4 rings (SSSR count). The molecule has 0 radical (unpaired) electrons. The van der Waals surface area contributed by atoms with Crippen LogP contribution < -0.4 is 64.5 Å². The monoisotopic (exact) mass is 1660 g/mol. The second-order valence-electron chi connectivity index (χ2n) is 24.9. The number of hydrogen-bond donors (Lipinski definition) is 15. The number of nitrogen functional groups attached to an aromatic ring is 1. The van der Waals surface area contributed by atoms with Crippen LogP contribution in [0, 0.1) is 11.8 Å². The van der Waals surface area contributed by atoms with Crippen LogP contribution >= 0.6 is 24.4 Å². The number of benzene rings is 2. The molecule has 0 aliphatic rings. The smallest absolute Gasteiger partial charge is 0.373 e. The summed E-state index contributed by atoms with van der Waals surface area (Å²) in [6, 6.07) is 13.2. The highest BCUT2D eigenvalue weighted by Gasteiger charge is 2.25. The molecule has 42 nitrogen and oxygen atoms in total. The molecule has 0 saturated carbocycles. The van der Waals surface area contributed by atoms with Gasteiger partial charge in [0.15, 0.2) is 27.2 Å². The zero-order chi connectivity index (χ0) is 87.6. The van der Waals surface area contributed by atoms with Gasteiger partial charge in [0.2, 0.25) is 47.3 Å². The Morgan fingerprint density at radius 2 is 0.897 bits per heavy atom. The topological polar surface area (TPSA) is 630 Å². The summed E-state index contributed by atoms with van der Waals surface area (Å²) in [7, 11) is 0. The van der Waals surface area contributed by atoms with Gasteiger partial charge < -0.3 is 58.9 Å². The first-order valence-electron chi connectivity index (χ1n) is 36.3. The van der Waals surface area contributed by atoms with Crippen molar-refractivity contribution in [1.29, 1.82) is 0 Å². The molecule has 3 atom stereocenters. The molecular formula is C72H100N18O24S2. The van der Waals surface area contributed by atoms with E-state index in [9.17, 15) is 68.4 Å². The predicted molar refractivity (Wildman–Crippen MR) is 412 cm³/mol. The van der Waals surface area contributed by atoms with Crippen LogP contribution in [0.2, 0.25) is 0 Å². The Balaban J connectivity index is 0. The SMILES string of the molecule is CC(=O)N(O)CCCCCNC(=O)CCC(=O)N(O)CCCCCNC(=O)CCC(=O)N(O)CCCCCNC(=S)Nc1ccc(NC(=S)NCCCCCNC(=O)[C@H](C)CC(=O)[C@H](C)NC(=O)[C@H](C)CC(=O)CCCNC(=O)c2ccc(NCc3cnc4nc(N)[nH]c(=O)c4n3)cc2)cc1.O=C=O.O=C=O.O=C=O.O=C=O.O=C=O. The van der Waals surface area contributed by atoms with Crippen molar-refractivity contribution in [1.82, 2.24) is 72.3 Å². The van der Waals surface area contributed by atoms with E-state index in [0.717, 1.165) is 30.6 Å². The Morgan fingerprint density at radius 1 is 0.491 bits per heavy atom. The van der Waals surface area contributed by atoms with Crippen LogP contribution in [0.15, 0.2) is 59.5 Å². The zero-order valence-electron chi connectivity index (χ0n) is 64.6. The molecular weight excluding hydrogens is 1570 g/mol. The lowest BCUT2D eigenvalue weighted by atomic mass is 9.98. The summed E-state index contributed by atoms with van der Waals surface area (Å²) in [6.45, 7) is 9.28. The van der Waals surface area contributed by atoms with Gasteiger partial charge in [-0.3, -0.25) is 73.3 Å². The number of nitrogens with zero attached hydrogens (tertiary/aromatic N) is 6. The Bertz CT molecular complexity index is 3910. The maximum absolute atomic E-state index is 13.0. The fourth-order valence-electron chi connectivity index (χ4n) is 9.75. The molecule has 8 amide bonds. The van der Waals surface area contributed by atoms with Crippen LogP contribution in [0.1, 0.15) is 172 Å². The third-order valence-electron chi connectivity index (χ3n) is 15.8. The largest absolute Gasteiger partial charge is 0.379 e. The second kappa shape index (κ2) is 66.0. The van der Waals surface area contributed by atoms with Crippen LogP contribution in [-0.4, -0.2) is 215 Å². The highest BCUT2D eigenvalue weighted by molar-refractivity contribution is 7.80. The molecule has 0 aliphatic heterocycles. The average Bonchev–Trinajstić information content (AvgIpc) is 0.811. The van der Waals surface area contributed by atoms with Crippen molar-refractivity contribution >= 4 is 158 Å². The van der Waals surface area contributed by atoms with Gasteiger partial charge in [-0.25, -0.2) is 25.2 Å². The molecule has 634 valence electrons. The number of carbonyl (C=O) groups is 10. The minimum atomic E-state index is -0.861.